The van der Waals surface area contributed by atoms with Crippen LogP contribution in [0.1, 0.15) is 21.8 Å². The summed E-state index contributed by atoms with van der Waals surface area (Å²) in [6, 6.07) is 6.96. The van der Waals surface area contributed by atoms with Gasteiger partial charge in [0.2, 0.25) is 6.29 Å². The Balaban J connectivity index is 1.57. The Kier molecular flexibility index (Phi) is 6.32. The molecule has 2 aromatic rings. The Labute approximate surface area is 188 Å². The van der Waals surface area contributed by atoms with Gasteiger partial charge in [0.05, 0.1) is 19.6 Å². The van der Waals surface area contributed by atoms with Crippen molar-refractivity contribution in [2.24, 2.45) is 0 Å². The van der Waals surface area contributed by atoms with Gasteiger partial charge in [-0.25, -0.2) is 0 Å². The second-order valence-electron chi connectivity index (χ2n) is 7.79. The molecule has 0 radical (unpaired) electrons. The third kappa shape index (κ3) is 4.16. The third-order valence-corrected chi connectivity index (χ3v) is 5.73. The van der Waals surface area contributed by atoms with E-state index in [1.54, 1.807) is 6.07 Å². The van der Waals surface area contributed by atoms with Crippen LogP contribution < -0.4 is 14.2 Å². The van der Waals surface area contributed by atoms with E-state index >= 15 is 0 Å². The molecule has 0 saturated carbocycles. The van der Waals surface area contributed by atoms with Crippen molar-refractivity contribution in [1.82, 2.24) is 0 Å². The second kappa shape index (κ2) is 9.04. The van der Waals surface area contributed by atoms with E-state index in [1.165, 1.54) is 25.3 Å². The van der Waals surface area contributed by atoms with Gasteiger partial charge in [-0.2, -0.15) is 0 Å². The number of carbonyl (C=O) groups excluding carboxylic acids is 1. The Morgan fingerprint density at radius 3 is 2.45 bits per heavy atom. The molecular formula is C22H24O11. The molecule has 0 amide bonds. The summed E-state index contributed by atoms with van der Waals surface area (Å²) in [7, 11) is 1.40. The smallest absolute Gasteiger partial charge is 0.229 e. The number of hydrogen-bond acceptors (Lipinski definition) is 11. The number of Topliss-reactive ketones (excluding diaryl/α,β-unsaturated/α-hetero) is 1. The highest BCUT2D eigenvalue weighted by molar-refractivity contribution is 6.06. The van der Waals surface area contributed by atoms with Gasteiger partial charge in [-0.1, -0.05) is 6.07 Å². The summed E-state index contributed by atoms with van der Waals surface area (Å²) in [5.74, 6) is -1.55. The molecule has 0 spiro atoms. The van der Waals surface area contributed by atoms with Gasteiger partial charge in [-0.05, 0) is 17.7 Å². The molecule has 0 bridgehead atoms. The standard InChI is InChI=1S/C22H24O11/c1-30-14-3-2-9(4-12(14)24)11-8-31-15-6-10(5-13(25)17(15)18(11)26)32-22-21(29)20(28)19(27)16(7-23)33-22/h2-6,11,16,19-25,27-29H,7-8H2,1H3. The molecule has 1 saturated heterocycles. The third-order valence-electron chi connectivity index (χ3n) is 5.73. The molecule has 11 nitrogen and oxygen atoms in total. The maximum atomic E-state index is 13.1. The number of rotatable bonds is 5. The van der Waals surface area contributed by atoms with Crippen molar-refractivity contribution in [3.8, 4) is 28.7 Å². The Morgan fingerprint density at radius 1 is 1.03 bits per heavy atom. The lowest BCUT2D eigenvalue weighted by molar-refractivity contribution is -0.277. The summed E-state index contributed by atoms with van der Waals surface area (Å²) in [5, 5.41) is 59.7. The van der Waals surface area contributed by atoms with Gasteiger partial charge in [-0.15, -0.1) is 0 Å². The van der Waals surface area contributed by atoms with E-state index in [-0.39, 0.29) is 35.2 Å². The predicted molar refractivity (Wildman–Crippen MR) is 110 cm³/mol. The van der Waals surface area contributed by atoms with Crippen LogP contribution in [0, 0.1) is 0 Å². The zero-order valence-corrected chi connectivity index (χ0v) is 17.5. The average molecular weight is 464 g/mol. The number of fused-ring (bicyclic) bond motifs is 1. The predicted octanol–water partition coefficient (Wildman–Crippen LogP) is -0.356. The summed E-state index contributed by atoms with van der Waals surface area (Å²) in [6.45, 7) is -0.694. The number of methoxy groups -OCH3 is 1. The summed E-state index contributed by atoms with van der Waals surface area (Å²) in [5.41, 5.74) is 0.396. The molecule has 11 heteroatoms. The molecule has 0 aliphatic carbocycles. The summed E-state index contributed by atoms with van der Waals surface area (Å²) < 4.78 is 21.5. The second-order valence-corrected chi connectivity index (χ2v) is 7.79. The minimum atomic E-state index is -1.64. The normalized spacial score (nSPS) is 29.2. The fourth-order valence-electron chi connectivity index (χ4n) is 3.90. The monoisotopic (exact) mass is 464 g/mol. The number of benzene rings is 2. The number of aliphatic hydroxyl groups is 4. The van der Waals surface area contributed by atoms with Crippen LogP contribution >= 0.6 is 0 Å². The van der Waals surface area contributed by atoms with Crippen LogP contribution in [0.2, 0.25) is 0 Å². The van der Waals surface area contributed by atoms with Crippen molar-refractivity contribution in [2.45, 2.75) is 36.6 Å². The maximum absolute atomic E-state index is 13.1. The molecule has 2 aliphatic rings. The molecule has 6 N–H and O–H groups in total. The molecule has 0 aromatic heterocycles. The lowest BCUT2D eigenvalue weighted by Gasteiger charge is -2.39. The SMILES string of the molecule is COc1ccc(C2COc3cc(OC4OC(CO)C(O)C(O)C4O)cc(O)c3C2=O)cc1O. The van der Waals surface area contributed by atoms with Crippen molar-refractivity contribution >= 4 is 5.78 Å². The lowest BCUT2D eigenvalue weighted by Crippen LogP contribution is -2.60. The highest BCUT2D eigenvalue weighted by atomic mass is 16.7. The van der Waals surface area contributed by atoms with Crippen molar-refractivity contribution in [3.05, 3.63) is 41.5 Å². The van der Waals surface area contributed by atoms with Crippen LogP contribution in [0.25, 0.3) is 0 Å². The summed E-state index contributed by atoms with van der Waals surface area (Å²) in [4.78, 5) is 13.1. The molecule has 33 heavy (non-hydrogen) atoms. The van der Waals surface area contributed by atoms with Gasteiger partial charge in [-0.3, -0.25) is 4.79 Å². The minimum Gasteiger partial charge on any atom is -0.507 e. The fraction of sp³-hybridized carbons (Fsp3) is 0.409. The molecule has 2 heterocycles. The fourth-order valence-corrected chi connectivity index (χ4v) is 3.90. The van der Waals surface area contributed by atoms with Gasteiger partial charge in [0, 0.05) is 12.1 Å². The molecular weight excluding hydrogens is 440 g/mol. The highest BCUT2D eigenvalue weighted by Gasteiger charge is 2.45. The van der Waals surface area contributed by atoms with Gasteiger partial charge in [0.1, 0.15) is 53.8 Å². The maximum Gasteiger partial charge on any atom is 0.229 e. The van der Waals surface area contributed by atoms with E-state index in [0.29, 0.717) is 5.56 Å². The largest absolute Gasteiger partial charge is 0.507 e. The topological polar surface area (TPSA) is 175 Å². The Bertz CT molecular complexity index is 1040. The number of carbonyl (C=O) groups is 1. The van der Waals surface area contributed by atoms with Crippen molar-refractivity contribution < 1.29 is 54.4 Å². The number of aliphatic hydroxyl groups excluding tert-OH is 4. The summed E-state index contributed by atoms with van der Waals surface area (Å²) in [6.07, 6.45) is -7.45. The lowest BCUT2D eigenvalue weighted by atomic mass is 9.88. The van der Waals surface area contributed by atoms with Crippen LogP contribution in [-0.2, 0) is 4.74 Å². The quantitative estimate of drug-likeness (QED) is 0.341. The van der Waals surface area contributed by atoms with Gasteiger partial charge in [0.15, 0.2) is 17.3 Å². The van der Waals surface area contributed by atoms with E-state index in [2.05, 4.69) is 0 Å². The van der Waals surface area contributed by atoms with Crippen LogP contribution in [0.5, 0.6) is 28.7 Å². The first-order chi connectivity index (χ1) is 15.7. The minimum absolute atomic E-state index is 0.0357. The van der Waals surface area contributed by atoms with E-state index in [9.17, 15) is 35.4 Å². The molecule has 2 aliphatic heterocycles. The first-order valence-corrected chi connectivity index (χ1v) is 10.1. The van der Waals surface area contributed by atoms with E-state index < -0.39 is 54.8 Å². The number of hydrogen-bond donors (Lipinski definition) is 6. The van der Waals surface area contributed by atoms with Crippen molar-refractivity contribution in [1.29, 1.82) is 0 Å². The molecule has 6 unspecified atom stereocenters. The van der Waals surface area contributed by atoms with Crippen molar-refractivity contribution in [2.75, 3.05) is 20.3 Å². The molecule has 1 fully saturated rings. The number of ether oxygens (including phenoxy) is 4. The number of phenolic OH excluding ortho intramolecular Hbond substituents is 2. The number of phenols is 2. The molecule has 2 aromatic carbocycles. The van der Waals surface area contributed by atoms with E-state index in [1.807, 2.05) is 0 Å². The Hall–Kier alpha value is -3.09. The van der Waals surface area contributed by atoms with Crippen LogP contribution in [0.15, 0.2) is 30.3 Å². The molecule has 178 valence electrons. The number of aromatic hydroxyl groups is 2. The first kappa shape index (κ1) is 23.1. The van der Waals surface area contributed by atoms with Crippen LogP contribution in [0.3, 0.4) is 0 Å². The summed E-state index contributed by atoms with van der Waals surface area (Å²) >= 11 is 0. The number of ketones is 1. The van der Waals surface area contributed by atoms with Crippen LogP contribution in [0.4, 0.5) is 0 Å². The van der Waals surface area contributed by atoms with Gasteiger partial charge in [0.25, 0.3) is 0 Å². The van der Waals surface area contributed by atoms with E-state index in [4.69, 9.17) is 18.9 Å². The highest BCUT2D eigenvalue weighted by Crippen LogP contribution is 2.42. The van der Waals surface area contributed by atoms with Crippen LogP contribution in [-0.4, -0.2) is 87.5 Å². The van der Waals surface area contributed by atoms with Gasteiger partial charge >= 0.3 is 0 Å². The van der Waals surface area contributed by atoms with Gasteiger partial charge < -0.3 is 49.6 Å². The van der Waals surface area contributed by atoms with Crippen molar-refractivity contribution in [3.63, 3.8) is 0 Å². The first-order valence-electron chi connectivity index (χ1n) is 10.1. The molecule has 6 atom stereocenters. The average Bonchev–Trinajstić information content (AvgIpc) is 2.79. The van der Waals surface area contributed by atoms with E-state index in [0.717, 1.165) is 6.07 Å². The molecule has 4 rings (SSSR count). The zero-order valence-electron chi connectivity index (χ0n) is 17.5. The Morgan fingerprint density at radius 2 is 1.79 bits per heavy atom. The zero-order chi connectivity index (χ0) is 23.9.